The molecule has 0 atom stereocenters. The summed E-state index contributed by atoms with van der Waals surface area (Å²) >= 11 is 0. The van der Waals surface area contributed by atoms with E-state index < -0.39 is 0 Å². The molecule has 0 spiro atoms. The first-order valence-electron chi connectivity index (χ1n) is 5.80. The fourth-order valence-electron chi connectivity index (χ4n) is 2.15. The molecule has 1 N–H and O–H groups in total. The third-order valence-electron chi connectivity index (χ3n) is 3.04. The maximum Gasteiger partial charge on any atom is 0.331 e. The molecule has 0 unspecified atom stereocenters. The fourth-order valence-corrected chi connectivity index (χ4v) is 2.15. The van der Waals surface area contributed by atoms with E-state index in [1.54, 1.807) is 10.8 Å². The molecule has 0 fully saturated rings. The van der Waals surface area contributed by atoms with Crippen molar-refractivity contribution in [2.24, 2.45) is 0 Å². The van der Waals surface area contributed by atoms with Crippen LogP contribution in [-0.2, 0) is 0 Å². The predicted octanol–water partition coefficient (Wildman–Crippen LogP) is 2.33. The lowest BCUT2D eigenvalue weighted by atomic mass is 10.2. The number of para-hydroxylation sites is 2. The largest absolute Gasteiger partial charge is 0.331 e. The molecular weight excluding hydrogens is 226 g/mol. The summed E-state index contributed by atoms with van der Waals surface area (Å²) in [5.74, 6) is 0. The van der Waals surface area contributed by atoms with Crippen molar-refractivity contribution in [3.8, 4) is 5.69 Å². The summed E-state index contributed by atoms with van der Waals surface area (Å²) in [5, 5.41) is 0. The molecule has 3 rings (SSSR count). The molecule has 0 bridgehead atoms. The van der Waals surface area contributed by atoms with Gasteiger partial charge in [-0.1, -0.05) is 12.1 Å². The van der Waals surface area contributed by atoms with E-state index in [9.17, 15) is 4.79 Å². The Balaban J connectivity index is 2.41. The maximum atomic E-state index is 12.1. The average Bonchev–Trinajstić information content (AvgIpc) is 2.68. The summed E-state index contributed by atoms with van der Waals surface area (Å²) in [6.07, 6.45) is 1.79. The van der Waals surface area contributed by atoms with Gasteiger partial charge in [0.05, 0.1) is 16.7 Å². The van der Waals surface area contributed by atoms with Crippen LogP contribution in [0.2, 0.25) is 0 Å². The molecule has 3 aromatic rings. The molecule has 1 aromatic carbocycles. The Morgan fingerprint density at radius 2 is 2.00 bits per heavy atom. The quantitative estimate of drug-likeness (QED) is 0.708. The first-order valence-corrected chi connectivity index (χ1v) is 5.80. The number of aromatic amines is 1. The third-order valence-corrected chi connectivity index (χ3v) is 3.04. The molecule has 0 saturated heterocycles. The maximum absolute atomic E-state index is 12.1. The van der Waals surface area contributed by atoms with Gasteiger partial charge in [-0.15, -0.1) is 0 Å². The second-order valence-corrected chi connectivity index (χ2v) is 4.39. The van der Waals surface area contributed by atoms with Gasteiger partial charge >= 0.3 is 5.69 Å². The van der Waals surface area contributed by atoms with Crippen molar-refractivity contribution in [3.05, 3.63) is 58.3 Å². The lowest BCUT2D eigenvalue weighted by Gasteiger charge is -2.07. The monoisotopic (exact) mass is 239 g/mol. The lowest BCUT2D eigenvalue weighted by Crippen LogP contribution is -2.16. The summed E-state index contributed by atoms with van der Waals surface area (Å²) in [5.41, 5.74) is 4.36. The molecule has 18 heavy (non-hydrogen) atoms. The molecule has 0 aliphatic heterocycles. The number of benzene rings is 1. The highest BCUT2D eigenvalue weighted by molar-refractivity contribution is 5.77. The Morgan fingerprint density at radius 1 is 1.22 bits per heavy atom. The van der Waals surface area contributed by atoms with Crippen molar-refractivity contribution in [1.82, 2.24) is 14.5 Å². The van der Waals surface area contributed by atoms with Gasteiger partial charge in [-0.2, -0.15) is 0 Å². The van der Waals surface area contributed by atoms with Gasteiger partial charge < -0.3 is 4.98 Å². The van der Waals surface area contributed by atoms with Gasteiger partial charge in [0, 0.05) is 11.9 Å². The van der Waals surface area contributed by atoms with Gasteiger partial charge in [0.1, 0.15) is 0 Å². The zero-order valence-electron chi connectivity index (χ0n) is 10.3. The van der Waals surface area contributed by atoms with E-state index in [-0.39, 0.29) is 5.69 Å². The number of H-pyrrole nitrogens is 1. The molecule has 4 nitrogen and oxygen atoms in total. The van der Waals surface area contributed by atoms with E-state index in [2.05, 4.69) is 9.97 Å². The van der Waals surface area contributed by atoms with Crippen LogP contribution in [0.1, 0.15) is 11.3 Å². The lowest BCUT2D eigenvalue weighted by molar-refractivity contribution is 0.986. The van der Waals surface area contributed by atoms with E-state index >= 15 is 0 Å². The number of nitrogens with one attached hydrogen (secondary N) is 1. The molecule has 0 aliphatic carbocycles. The predicted molar refractivity (Wildman–Crippen MR) is 71.2 cm³/mol. The molecule has 0 radical (unpaired) electrons. The Morgan fingerprint density at radius 3 is 2.83 bits per heavy atom. The van der Waals surface area contributed by atoms with Crippen LogP contribution in [0.15, 0.2) is 41.3 Å². The van der Waals surface area contributed by atoms with Gasteiger partial charge in [-0.05, 0) is 37.6 Å². The number of hydrogen-bond acceptors (Lipinski definition) is 2. The van der Waals surface area contributed by atoms with Gasteiger partial charge in [-0.25, -0.2) is 4.79 Å². The van der Waals surface area contributed by atoms with Crippen molar-refractivity contribution in [1.29, 1.82) is 0 Å². The van der Waals surface area contributed by atoms with E-state index in [1.165, 1.54) is 0 Å². The summed E-state index contributed by atoms with van der Waals surface area (Å²) in [6.45, 7) is 3.87. The minimum atomic E-state index is -0.120. The first kappa shape index (κ1) is 10.8. The van der Waals surface area contributed by atoms with Crippen molar-refractivity contribution in [2.75, 3.05) is 0 Å². The third kappa shape index (κ3) is 1.54. The van der Waals surface area contributed by atoms with Crippen LogP contribution in [0.25, 0.3) is 16.7 Å². The average molecular weight is 239 g/mol. The molecular formula is C14H13N3O. The number of fused-ring (bicyclic) bond motifs is 1. The Bertz CT molecular complexity index is 783. The van der Waals surface area contributed by atoms with Crippen molar-refractivity contribution < 1.29 is 0 Å². The SMILES string of the molecule is Cc1cc(-n2c(=O)[nH]c3ccccc32)c(C)cn1. The summed E-state index contributed by atoms with van der Waals surface area (Å²) in [4.78, 5) is 19.2. The van der Waals surface area contributed by atoms with Gasteiger partial charge in [0.25, 0.3) is 0 Å². The van der Waals surface area contributed by atoms with Crippen molar-refractivity contribution in [2.45, 2.75) is 13.8 Å². The molecule has 2 heterocycles. The van der Waals surface area contributed by atoms with Gasteiger partial charge in [0.2, 0.25) is 0 Å². The highest BCUT2D eigenvalue weighted by atomic mass is 16.1. The topological polar surface area (TPSA) is 50.7 Å². The zero-order valence-corrected chi connectivity index (χ0v) is 10.3. The first-order chi connectivity index (χ1) is 8.66. The van der Waals surface area contributed by atoms with Crippen LogP contribution in [0.3, 0.4) is 0 Å². The van der Waals surface area contributed by atoms with Crippen molar-refractivity contribution in [3.63, 3.8) is 0 Å². The molecule has 2 aromatic heterocycles. The standard InChI is InChI=1S/C14H13N3O/c1-9-8-15-10(2)7-13(9)17-12-6-4-3-5-11(12)16-14(17)18/h3-8H,1-2H3,(H,16,18). The highest BCUT2D eigenvalue weighted by Gasteiger charge is 2.10. The molecule has 90 valence electrons. The van der Waals surface area contributed by atoms with E-state index in [4.69, 9.17) is 0 Å². The summed E-state index contributed by atoms with van der Waals surface area (Å²) < 4.78 is 1.69. The minimum Gasteiger partial charge on any atom is -0.305 e. The van der Waals surface area contributed by atoms with Crippen LogP contribution < -0.4 is 5.69 Å². The zero-order chi connectivity index (χ0) is 12.7. The van der Waals surface area contributed by atoms with Crippen LogP contribution in [-0.4, -0.2) is 14.5 Å². The molecule has 4 heteroatoms. The highest BCUT2D eigenvalue weighted by Crippen LogP contribution is 2.18. The smallest absolute Gasteiger partial charge is 0.305 e. The van der Waals surface area contributed by atoms with E-state index in [1.807, 2.05) is 44.2 Å². The number of pyridine rings is 1. The molecule has 0 saturated carbocycles. The van der Waals surface area contributed by atoms with E-state index in [0.29, 0.717) is 0 Å². The number of aromatic nitrogens is 3. The Hall–Kier alpha value is -2.36. The number of imidazole rings is 1. The van der Waals surface area contributed by atoms with Crippen LogP contribution in [0, 0.1) is 13.8 Å². The van der Waals surface area contributed by atoms with Crippen molar-refractivity contribution >= 4 is 11.0 Å². The normalized spacial score (nSPS) is 11.0. The minimum absolute atomic E-state index is 0.120. The van der Waals surface area contributed by atoms with E-state index in [0.717, 1.165) is 28.0 Å². The van der Waals surface area contributed by atoms with Crippen LogP contribution in [0.4, 0.5) is 0 Å². The molecule has 0 amide bonds. The Kier molecular flexibility index (Phi) is 2.30. The number of hydrogen-bond donors (Lipinski definition) is 1. The van der Waals surface area contributed by atoms with Crippen LogP contribution in [0.5, 0.6) is 0 Å². The summed E-state index contributed by atoms with van der Waals surface area (Å²) in [6, 6.07) is 9.60. The molecule has 0 aliphatic rings. The Labute approximate surface area is 104 Å². The van der Waals surface area contributed by atoms with Gasteiger partial charge in [-0.3, -0.25) is 9.55 Å². The number of nitrogens with zero attached hydrogens (tertiary/aromatic N) is 2. The van der Waals surface area contributed by atoms with Gasteiger partial charge in [0.15, 0.2) is 0 Å². The number of aryl methyl sites for hydroxylation is 2. The number of rotatable bonds is 1. The second kappa shape index (κ2) is 3.84. The van der Waals surface area contributed by atoms with Crippen LogP contribution >= 0.6 is 0 Å². The summed E-state index contributed by atoms with van der Waals surface area (Å²) in [7, 11) is 0. The second-order valence-electron chi connectivity index (χ2n) is 4.39. The fraction of sp³-hybridized carbons (Fsp3) is 0.143.